The van der Waals surface area contributed by atoms with Crippen LogP contribution in [0.15, 0.2) is 41.3 Å². The van der Waals surface area contributed by atoms with Crippen molar-refractivity contribution in [2.45, 2.75) is 18.1 Å². The molecule has 0 aromatic heterocycles. The summed E-state index contributed by atoms with van der Waals surface area (Å²) in [6, 6.07) is 7.10. The average Bonchev–Trinajstić information content (AvgIpc) is 2.76. The summed E-state index contributed by atoms with van der Waals surface area (Å²) >= 11 is 0. The minimum atomic E-state index is -4.24. The molecule has 0 radical (unpaired) electrons. The summed E-state index contributed by atoms with van der Waals surface area (Å²) < 4.78 is 65.6. The van der Waals surface area contributed by atoms with Crippen LogP contribution in [0.25, 0.3) is 0 Å². The molecule has 0 saturated heterocycles. The summed E-state index contributed by atoms with van der Waals surface area (Å²) in [5.74, 6) is -1.16. The van der Waals surface area contributed by atoms with Crippen molar-refractivity contribution in [2.75, 3.05) is 26.0 Å². The van der Waals surface area contributed by atoms with Gasteiger partial charge in [0.2, 0.25) is 10.0 Å². The Morgan fingerprint density at radius 3 is 2.50 bits per heavy atom. The monoisotopic (exact) mass is 475 g/mol. The number of anilines is 1. The van der Waals surface area contributed by atoms with Crippen molar-refractivity contribution in [3.8, 4) is 11.5 Å². The highest BCUT2D eigenvalue weighted by atomic mass is 32.2. The van der Waals surface area contributed by atoms with E-state index in [2.05, 4.69) is 10.1 Å². The molecule has 2 aromatic rings. The highest BCUT2D eigenvalue weighted by Gasteiger charge is 2.22. The van der Waals surface area contributed by atoms with E-state index in [1.165, 1.54) is 38.4 Å². The first-order chi connectivity index (χ1) is 15.1. The van der Waals surface area contributed by atoms with Gasteiger partial charge >= 0.3 is 12.6 Å². The Balaban J connectivity index is 1.99. The van der Waals surface area contributed by atoms with Crippen LogP contribution in [0.1, 0.15) is 5.56 Å². The highest BCUT2D eigenvalue weighted by Crippen LogP contribution is 2.30. The number of sulfonamides is 1. The summed E-state index contributed by atoms with van der Waals surface area (Å²) in [7, 11) is -1.55. The molecule has 0 spiro atoms. The minimum absolute atomic E-state index is 0.00818. The van der Waals surface area contributed by atoms with Gasteiger partial charge in [0.05, 0.1) is 16.9 Å². The number of methoxy groups -OCH3 is 1. The zero-order chi connectivity index (χ0) is 23.9. The molecule has 0 amide bonds. The first-order valence-electron chi connectivity index (χ1n) is 8.80. The summed E-state index contributed by atoms with van der Waals surface area (Å²) in [6.07, 6.45) is 0. The van der Waals surface area contributed by atoms with Crippen LogP contribution in [-0.2, 0) is 26.2 Å². The summed E-state index contributed by atoms with van der Waals surface area (Å²) in [5.41, 5.74) is 0.0397. The SMILES string of the molecule is CNc1ccc(S(=O)(=O)NCC(=O)OCc2ccc(OC(F)F)c(OC)c2)cc1[N+](=O)[O-]. The third kappa shape index (κ3) is 6.49. The van der Waals surface area contributed by atoms with Crippen LogP contribution < -0.4 is 19.5 Å². The number of benzene rings is 2. The van der Waals surface area contributed by atoms with E-state index in [1.54, 1.807) is 0 Å². The number of nitrogens with zero attached hydrogens (tertiary/aromatic N) is 1. The molecule has 0 aliphatic carbocycles. The zero-order valence-corrected chi connectivity index (χ0v) is 17.6. The highest BCUT2D eigenvalue weighted by molar-refractivity contribution is 7.89. The van der Waals surface area contributed by atoms with Gasteiger partial charge in [-0.15, -0.1) is 0 Å². The second-order valence-corrected chi connectivity index (χ2v) is 7.80. The third-order valence-electron chi connectivity index (χ3n) is 4.00. The summed E-state index contributed by atoms with van der Waals surface area (Å²) in [5, 5.41) is 13.7. The quantitative estimate of drug-likeness (QED) is 0.284. The second-order valence-electron chi connectivity index (χ2n) is 6.04. The van der Waals surface area contributed by atoms with E-state index >= 15 is 0 Å². The van der Waals surface area contributed by atoms with Crippen LogP contribution in [0.3, 0.4) is 0 Å². The Labute approximate surface area is 181 Å². The van der Waals surface area contributed by atoms with Crippen molar-refractivity contribution in [1.29, 1.82) is 0 Å². The van der Waals surface area contributed by atoms with Crippen LogP contribution in [-0.4, -0.2) is 46.6 Å². The molecule has 14 heteroatoms. The Morgan fingerprint density at radius 2 is 1.91 bits per heavy atom. The van der Waals surface area contributed by atoms with Gasteiger partial charge in [-0.2, -0.15) is 13.5 Å². The molecule has 0 atom stereocenters. The molecular weight excluding hydrogens is 456 g/mol. The molecule has 0 unspecified atom stereocenters. The largest absolute Gasteiger partial charge is 0.493 e. The lowest BCUT2D eigenvalue weighted by Crippen LogP contribution is -2.30. The van der Waals surface area contributed by atoms with E-state index < -0.39 is 44.7 Å². The normalized spacial score (nSPS) is 11.2. The van der Waals surface area contributed by atoms with E-state index in [9.17, 15) is 32.1 Å². The molecule has 0 fully saturated rings. The van der Waals surface area contributed by atoms with E-state index in [1.807, 2.05) is 4.72 Å². The fraction of sp³-hybridized carbons (Fsp3) is 0.278. The smallest absolute Gasteiger partial charge is 0.387 e. The number of nitro benzene ring substituents is 1. The van der Waals surface area contributed by atoms with E-state index in [0.717, 1.165) is 12.1 Å². The molecule has 0 aliphatic rings. The van der Waals surface area contributed by atoms with Crippen molar-refractivity contribution in [2.24, 2.45) is 0 Å². The predicted octanol–water partition coefficient (Wildman–Crippen LogP) is 2.27. The second kappa shape index (κ2) is 10.7. The van der Waals surface area contributed by atoms with E-state index in [0.29, 0.717) is 5.56 Å². The standard InChI is InChI=1S/C18H19F2N3O8S/c1-21-13-5-4-12(8-14(13)23(25)26)32(27,28)22-9-17(24)30-10-11-3-6-15(31-18(19)20)16(7-11)29-2/h3-8,18,21-22H,9-10H2,1-2H3. The number of hydrogen-bond donors (Lipinski definition) is 2. The number of hydrogen-bond acceptors (Lipinski definition) is 9. The van der Waals surface area contributed by atoms with E-state index in [4.69, 9.17) is 9.47 Å². The summed E-state index contributed by atoms with van der Waals surface area (Å²) in [4.78, 5) is 21.8. The van der Waals surface area contributed by atoms with Crippen LogP contribution >= 0.6 is 0 Å². The van der Waals surface area contributed by atoms with Gasteiger partial charge in [-0.1, -0.05) is 6.07 Å². The third-order valence-corrected chi connectivity index (χ3v) is 5.39. The minimum Gasteiger partial charge on any atom is -0.493 e. The topological polar surface area (TPSA) is 146 Å². The van der Waals surface area contributed by atoms with Crippen molar-refractivity contribution >= 4 is 27.4 Å². The molecule has 0 bridgehead atoms. The van der Waals surface area contributed by atoms with E-state index in [-0.39, 0.29) is 23.8 Å². The number of alkyl halides is 2. The van der Waals surface area contributed by atoms with Gasteiger partial charge in [-0.05, 0) is 29.8 Å². The number of halogens is 2. The van der Waals surface area contributed by atoms with Crippen LogP contribution in [0, 0.1) is 10.1 Å². The van der Waals surface area contributed by atoms with Crippen LogP contribution in [0.4, 0.5) is 20.2 Å². The van der Waals surface area contributed by atoms with Crippen LogP contribution in [0.5, 0.6) is 11.5 Å². The molecule has 2 N–H and O–H groups in total. The molecule has 0 heterocycles. The van der Waals surface area contributed by atoms with Crippen molar-refractivity contribution in [1.82, 2.24) is 4.72 Å². The zero-order valence-electron chi connectivity index (χ0n) is 16.8. The number of nitrogens with one attached hydrogen (secondary N) is 2. The first-order valence-corrected chi connectivity index (χ1v) is 10.3. The maximum Gasteiger partial charge on any atom is 0.387 e. The maximum absolute atomic E-state index is 12.4. The molecule has 2 rings (SSSR count). The number of rotatable bonds is 11. The molecule has 2 aromatic carbocycles. The fourth-order valence-electron chi connectivity index (χ4n) is 2.49. The average molecular weight is 475 g/mol. The molecule has 0 aliphatic heterocycles. The molecule has 32 heavy (non-hydrogen) atoms. The number of ether oxygens (including phenoxy) is 3. The summed E-state index contributed by atoms with van der Waals surface area (Å²) in [6.45, 7) is -4.08. The number of esters is 1. The lowest BCUT2D eigenvalue weighted by molar-refractivity contribution is -0.384. The Kier molecular flexibility index (Phi) is 8.26. The number of nitro groups is 1. The van der Waals surface area contributed by atoms with Gasteiger partial charge < -0.3 is 19.5 Å². The van der Waals surface area contributed by atoms with Gasteiger partial charge in [0.1, 0.15) is 18.8 Å². The van der Waals surface area contributed by atoms with Crippen molar-refractivity contribution in [3.05, 3.63) is 52.1 Å². The molecule has 11 nitrogen and oxygen atoms in total. The molecule has 174 valence electrons. The Bertz CT molecular complexity index is 1100. The fourth-order valence-corrected chi connectivity index (χ4v) is 3.48. The van der Waals surface area contributed by atoms with Gasteiger partial charge in [-0.25, -0.2) is 8.42 Å². The van der Waals surface area contributed by atoms with Gasteiger partial charge in [0, 0.05) is 13.1 Å². The molecule has 0 saturated carbocycles. The Morgan fingerprint density at radius 1 is 1.19 bits per heavy atom. The van der Waals surface area contributed by atoms with Gasteiger partial charge in [-0.3, -0.25) is 14.9 Å². The maximum atomic E-state index is 12.4. The number of carbonyl (C=O) groups excluding carboxylic acids is 1. The van der Waals surface area contributed by atoms with Gasteiger partial charge in [0.25, 0.3) is 5.69 Å². The first kappa shape index (κ1) is 24.7. The number of carbonyl (C=O) groups is 1. The van der Waals surface area contributed by atoms with Crippen molar-refractivity contribution in [3.63, 3.8) is 0 Å². The predicted molar refractivity (Wildman–Crippen MR) is 107 cm³/mol. The Hall–Kier alpha value is -3.52. The van der Waals surface area contributed by atoms with Crippen LogP contribution in [0.2, 0.25) is 0 Å². The lowest BCUT2D eigenvalue weighted by atomic mass is 10.2. The van der Waals surface area contributed by atoms with Crippen molar-refractivity contribution < 1.29 is 41.1 Å². The lowest BCUT2D eigenvalue weighted by Gasteiger charge is -2.12. The van der Waals surface area contributed by atoms with Gasteiger partial charge in [0.15, 0.2) is 11.5 Å². The molecular formula is C18H19F2N3O8S.